The fourth-order valence-electron chi connectivity index (χ4n) is 1.70. The molecule has 112 valence electrons. The molecule has 0 heterocycles. The van der Waals surface area contributed by atoms with Gasteiger partial charge in [-0.05, 0) is 30.3 Å². The van der Waals surface area contributed by atoms with E-state index < -0.39 is 27.5 Å². The molecule has 0 aliphatic rings. The van der Waals surface area contributed by atoms with Crippen LogP contribution in [0, 0.1) is 0 Å². The number of nitrogens with one attached hydrogen (secondary N) is 1. The summed E-state index contributed by atoms with van der Waals surface area (Å²) >= 11 is 0. The minimum absolute atomic E-state index is 0.196. The molecule has 0 aliphatic carbocycles. The quantitative estimate of drug-likeness (QED) is 0.855. The second kappa shape index (κ2) is 5.28. The summed E-state index contributed by atoms with van der Waals surface area (Å²) in [4.78, 5) is -0.209. The summed E-state index contributed by atoms with van der Waals surface area (Å²) in [6.07, 6.45) is -4.66. The van der Waals surface area contributed by atoms with Crippen molar-refractivity contribution in [3.63, 3.8) is 0 Å². The third-order valence-electron chi connectivity index (χ3n) is 2.65. The van der Waals surface area contributed by atoms with E-state index in [9.17, 15) is 21.6 Å². The van der Waals surface area contributed by atoms with Gasteiger partial charge in [0, 0.05) is 5.69 Å². The van der Waals surface area contributed by atoms with E-state index in [1.165, 1.54) is 36.4 Å². The van der Waals surface area contributed by atoms with Crippen molar-refractivity contribution < 1.29 is 21.6 Å². The second-order valence-electron chi connectivity index (χ2n) is 4.22. The predicted octanol–water partition coefficient (Wildman–Crippen LogP) is 3.09. The maximum atomic E-state index is 12.8. The van der Waals surface area contributed by atoms with E-state index in [0.717, 1.165) is 12.1 Å². The molecule has 0 atom stereocenters. The van der Waals surface area contributed by atoms with Crippen LogP contribution in [0.25, 0.3) is 0 Å². The van der Waals surface area contributed by atoms with E-state index in [0.29, 0.717) is 0 Å². The number of nitrogen functional groups attached to an aromatic ring is 1. The van der Waals surface area contributed by atoms with Crippen LogP contribution in [-0.2, 0) is 16.2 Å². The van der Waals surface area contributed by atoms with Crippen molar-refractivity contribution in [2.75, 3.05) is 10.5 Å². The normalized spacial score (nSPS) is 12.1. The molecule has 0 aromatic heterocycles. The highest BCUT2D eigenvalue weighted by atomic mass is 32.2. The zero-order valence-electron chi connectivity index (χ0n) is 10.6. The molecule has 0 amide bonds. The van der Waals surface area contributed by atoms with E-state index in [-0.39, 0.29) is 10.6 Å². The maximum absolute atomic E-state index is 12.8. The average Bonchev–Trinajstić information content (AvgIpc) is 2.37. The van der Waals surface area contributed by atoms with Crippen LogP contribution in [0.5, 0.6) is 0 Å². The fraction of sp³-hybridized carbons (Fsp3) is 0.0769. The number of anilines is 2. The zero-order chi connectivity index (χ0) is 15.7. The number of alkyl halides is 3. The molecule has 4 nitrogen and oxygen atoms in total. The Labute approximate surface area is 119 Å². The molecule has 0 bridgehead atoms. The summed E-state index contributed by atoms with van der Waals surface area (Å²) in [6.45, 7) is 0. The number of sulfonamides is 1. The first-order valence-corrected chi connectivity index (χ1v) is 7.23. The topological polar surface area (TPSA) is 72.2 Å². The van der Waals surface area contributed by atoms with Crippen LogP contribution in [0.15, 0.2) is 53.4 Å². The van der Waals surface area contributed by atoms with Gasteiger partial charge in [-0.15, -0.1) is 0 Å². The van der Waals surface area contributed by atoms with Gasteiger partial charge in [0.1, 0.15) is 0 Å². The number of halogens is 3. The van der Waals surface area contributed by atoms with Gasteiger partial charge >= 0.3 is 6.18 Å². The Morgan fingerprint density at radius 2 is 1.67 bits per heavy atom. The molecule has 21 heavy (non-hydrogen) atoms. The Bertz CT molecular complexity index is 758. The molecule has 0 saturated carbocycles. The number of para-hydroxylation sites is 1. The summed E-state index contributed by atoms with van der Waals surface area (Å²) in [6, 6.07) is 9.63. The van der Waals surface area contributed by atoms with Crippen LogP contribution in [0.1, 0.15) is 5.56 Å². The highest BCUT2D eigenvalue weighted by molar-refractivity contribution is 7.92. The molecule has 0 radical (unpaired) electrons. The molecule has 8 heteroatoms. The molecule has 3 N–H and O–H groups in total. The molecule has 0 saturated heterocycles. The van der Waals surface area contributed by atoms with Crippen molar-refractivity contribution in [3.05, 3.63) is 54.1 Å². The van der Waals surface area contributed by atoms with Crippen molar-refractivity contribution in [1.82, 2.24) is 0 Å². The SMILES string of the molecule is Nc1cccc(S(=O)(=O)Nc2ccccc2C(F)(F)F)c1. The van der Waals surface area contributed by atoms with E-state index in [1.807, 2.05) is 4.72 Å². The highest BCUT2D eigenvalue weighted by Crippen LogP contribution is 2.35. The Morgan fingerprint density at radius 3 is 2.29 bits per heavy atom. The van der Waals surface area contributed by atoms with E-state index in [1.54, 1.807) is 0 Å². The first-order chi connectivity index (χ1) is 9.70. The van der Waals surface area contributed by atoms with Crippen molar-refractivity contribution >= 4 is 21.4 Å². The standard InChI is InChI=1S/C13H11F3N2O2S/c14-13(15,16)11-6-1-2-7-12(11)18-21(19,20)10-5-3-4-9(17)8-10/h1-8,18H,17H2. The minimum atomic E-state index is -4.66. The van der Waals surface area contributed by atoms with E-state index >= 15 is 0 Å². The predicted molar refractivity (Wildman–Crippen MR) is 73.1 cm³/mol. The van der Waals surface area contributed by atoms with Gasteiger partial charge in [-0.25, -0.2) is 8.42 Å². The Hall–Kier alpha value is -2.22. The van der Waals surface area contributed by atoms with Gasteiger partial charge in [0.15, 0.2) is 0 Å². The lowest BCUT2D eigenvalue weighted by Gasteiger charge is -2.14. The first-order valence-electron chi connectivity index (χ1n) is 5.75. The van der Waals surface area contributed by atoms with Crippen molar-refractivity contribution in [2.45, 2.75) is 11.1 Å². The maximum Gasteiger partial charge on any atom is 0.418 e. The minimum Gasteiger partial charge on any atom is -0.399 e. The first kappa shape index (κ1) is 15.2. The molecule has 0 fully saturated rings. The van der Waals surface area contributed by atoms with Crippen molar-refractivity contribution in [3.8, 4) is 0 Å². The third-order valence-corrected chi connectivity index (χ3v) is 4.01. The van der Waals surface area contributed by atoms with Crippen molar-refractivity contribution in [2.24, 2.45) is 0 Å². The number of rotatable bonds is 3. The largest absolute Gasteiger partial charge is 0.418 e. The molecule has 2 rings (SSSR count). The summed E-state index contributed by atoms with van der Waals surface area (Å²) in [5.41, 5.74) is 4.08. The number of nitrogens with two attached hydrogens (primary N) is 1. The summed E-state index contributed by atoms with van der Waals surface area (Å²) < 4.78 is 64.6. The summed E-state index contributed by atoms with van der Waals surface area (Å²) in [5, 5.41) is 0. The van der Waals surface area contributed by atoms with Crippen LogP contribution < -0.4 is 10.5 Å². The molecular weight excluding hydrogens is 305 g/mol. The van der Waals surface area contributed by atoms with Gasteiger partial charge in [-0.1, -0.05) is 18.2 Å². The van der Waals surface area contributed by atoms with Gasteiger partial charge in [0.05, 0.1) is 16.1 Å². The van der Waals surface area contributed by atoms with Crippen LogP contribution >= 0.6 is 0 Å². The van der Waals surface area contributed by atoms with Gasteiger partial charge in [0.2, 0.25) is 0 Å². The van der Waals surface area contributed by atoms with E-state index in [4.69, 9.17) is 5.73 Å². The second-order valence-corrected chi connectivity index (χ2v) is 5.90. The van der Waals surface area contributed by atoms with Crippen molar-refractivity contribution in [1.29, 1.82) is 0 Å². The molecule has 0 spiro atoms. The lowest BCUT2D eigenvalue weighted by atomic mass is 10.2. The fourth-order valence-corrected chi connectivity index (χ4v) is 2.84. The van der Waals surface area contributed by atoms with Gasteiger partial charge in [-0.2, -0.15) is 13.2 Å². The molecule has 2 aromatic rings. The smallest absolute Gasteiger partial charge is 0.399 e. The van der Waals surface area contributed by atoms with E-state index in [2.05, 4.69) is 0 Å². The summed E-state index contributed by atoms with van der Waals surface area (Å²) in [7, 11) is -4.15. The van der Waals surface area contributed by atoms with Crippen LogP contribution in [0.4, 0.5) is 24.5 Å². The van der Waals surface area contributed by atoms with Gasteiger partial charge < -0.3 is 5.73 Å². The highest BCUT2D eigenvalue weighted by Gasteiger charge is 2.34. The third kappa shape index (κ3) is 3.46. The Kier molecular flexibility index (Phi) is 3.82. The Balaban J connectivity index is 2.43. The van der Waals surface area contributed by atoms with Gasteiger partial charge in [-0.3, -0.25) is 4.72 Å². The molecule has 2 aromatic carbocycles. The lowest BCUT2D eigenvalue weighted by molar-refractivity contribution is -0.136. The molecule has 0 aliphatic heterocycles. The molecular formula is C13H11F3N2O2S. The van der Waals surface area contributed by atoms with Crippen LogP contribution in [-0.4, -0.2) is 8.42 Å². The molecule has 0 unspecified atom stereocenters. The lowest BCUT2D eigenvalue weighted by Crippen LogP contribution is -2.17. The van der Waals surface area contributed by atoms with Gasteiger partial charge in [0.25, 0.3) is 10.0 Å². The number of hydrogen-bond acceptors (Lipinski definition) is 3. The average molecular weight is 316 g/mol. The van der Waals surface area contributed by atoms with Crippen LogP contribution in [0.3, 0.4) is 0 Å². The zero-order valence-corrected chi connectivity index (χ0v) is 11.4. The van der Waals surface area contributed by atoms with Crippen LogP contribution in [0.2, 0.25) is 0 Å². The monoisotopic (exact) mass is 316 g/mol. The number of benzene rings is 2. The Morgan fingerprint density at radius 1 is 1.00 bits per heavy atom. The summed E-state index contributed by atoms with van der Waals surface area (Å²) in [5.74, 6) is 0. The number of hydrogen-bond donors (Lipinski definition) is 2.